The Balaban J connectivity index is 1.62. The van der Waals surface area contributed by atoms with E-state index in [4.69, 9.17) is 9.47 Å². The minimum absolute atomic E-state index is 0.0320. The van der Waals surface area contributed by atoms with Crippen molar-refractivity contribution in [3.63, 3.8) is 0 Å². The van der Waals surface area contributed by atoms with Gasteiger partial charge in [-0.05, 0) is 29.8 Å². The van der Waals surface area contributed by atoms with Gasteiger partial charge in [0.2, 0.25) is 0 Å². The molecular weight excluding hydrogens is 390 g/mol. The van der Waals surface area contributed by atoms with Gasteiger partial charge in [0.15, 0.2) is 0 Å². The molecular formula is C23H26F2N2O3. The van der Waals surface area contributed by atoms with Crippen LogP contribution in [0.1, 0.15) is 22.0 Å². The van der Waals surface area contributed by atoms with Crippen molar-refractivity contribution < 1.29 is 23.0 Å². The molecule has 1 aliphatic heterocycles. The van der Waals surface area contributed by atoms with Gasteiger partial charge in [-0.25, -0.2) is 8.78 Å². The topological polar surface area (TPSA) is 42.0 Å². The molecule has 5 nitrogen and oxygen atoms in total. The lowest BCUT2D eigenvalue weighted by Crippen LogP contribution is -2.49. The Morgan fingerprint density at radius 3 is 2.47 bits per heavy atom. The Morgan fingerprint density at radius 2 is 1.83 bits per heavy atom. The number of hydrogen-bond acceptors (Lipinski definition) is 4. The predicted octanol–water partition coefficient (Wildman–Crippen LogP) is 3.68. The van der Waals surface area contributed by atoms with Crippen LogP contribution in [0.15, 0.2) is 55.1 Å². The van der Waals surface area contributed by atoms with E-state index in [-0.39, 0.29) is 17.6 Å². The van der Waals surface area contributed by atoms with Crippen LogP contribution < -0.4 is 4.74 Å². The summed E-state index contributed by atoms with van der Waals surface area (Å²) in [6, 6.07) is 10.7. The molecule has 7 heteroatoms. The van der Waals surface area contributed by atoms with E-state index in [0.29, 0.717) is 39.3 Å². The molecule has 1 saturated heterocycles. The third kappa shape index (κ3) is 5.64. The van der Waals surface area contributed by atoms with Gasteiger partial charge in [-0.15, -0.1) is 6.58 Å². The second-order valence-corrected chi connectivity index (χ2v) is 7.14. The van der Waals surface area contributed by atoms with Gasteiger partial charge in [0.25, 0.3) is 5.91 Å². The molecule has 1 heterocycles. The number of piperazine rings is 1. The van der Waals surface area contributed by atoms with Crippen molar-refractivity contribution in [2.24, 2.45) is 0 Å². The second-order valence-electron chi connectivity index (χ2n) is 7.14. The smallest absolute Gasteiger partial charge is 0.254 e. The Bertz CT molecular complexity index is 862. The van der Waals surface area contributed by atoms with Crippen molar-refractivity contribution in [3.8, 4) is 5.75 Å². The van der Waals surface area contributed by atoms with E-state index in [1.165, 1.54) is 0 Å². The normalized spacial score (nSPS) is 15.6. The summed E-state index contributed by atoms with van der Waals surface area (Å²) in [5, 5.41) is 0. The number of benzene rings is 2. The van der Waals surface area contributed by atoms with Crippen LogP contribution in [0.3, 0.4) is 0 Å². The molecule has 1 unspecified atom stereocenters. The number of rotatable bonds is 8. The molecule has 0 aliphatic carbocycles. The zero-order valence-electron chi connectivity index (χ0n) is 17.0. The first-order valence-electron chi connectivity index (χ1n) is 9.84. The van der Waals surface area contributed by atoms with Gasteiger partial charge in [-0.1, -0.05) is 18.2 Å². The zero-order chi connectivity index (χ0) is 21.5. The van der Waals surface area contributed by atoms with Crippen molar-refractivity contribution in [1.82, 2.24) is 9.80 Å². The molecule has 0 radical (unpaired) electrons. The van der Waals surface area contributed by atoms with Crippen molar-refractivity contribution in [3.05, 3.63) is 77.9 Å². The van der Waals surface area contributed by atoms with Crippen LogP contribution in [0, 0.1) is 11.6 Å². The first-order valence-corrected chi connectivity index (χ1v) is 9.84. The van der Waals surface area contributed by atoms with Crippen molar-refractivity contribution in [1.29, 1.82) is 0 Å². The molecule has 0 aromatic heterocycles. The van der Waals surface area contributed by atoms with Crippen LogP contribution in [-0.2, 0) is 4.74 Å². The minimum Gasteiger partial charge on any atom is -0.497 e. The van der Waals surface area contributed by atoms with E-state index in [1.54, 1.807) is 18.1 Å². The Labute approximate surface area is 175 Å². The van der Waals surface area contributed by atoms with E-state index >= 15 is 0 Å². The van der Waals surface area contributed by atoms with Gasteiger partial charge >= 0.3 is 0 Å². The molecule has 3 rings (SSSR count). The monoisotopic (exact) mass is 416 g/mol. The highest BCUT2D eigenvalue weighted by Gasteiger charge is 2.25. The van der Waals surface area contributed by atoms with E-state index in [1.807, 2.05) is 24.3 Å². The van der Waals surface area contributed by atoms with E-state index in [2.05, 4.69) is 11.5 Å². The highest BCUT2D eigenvalue weighted by Crippen LogP contribution is 2.24. The van der Waals surface area contributed by atoms with Crippen molar-refractivity contribution in [2.75, 3.05) is 46.4 Å². The van der Waals surface area contributed by atoms with Crippen LogP contribution in [0.5, 0.6) is 5.75 Å². The fourth-order valence-electron chi connectivity index (χ4n) is 3.51. The average molecular weight is 416 g/mol. The van der Waals surface area contributed by atoms with Gasteiger partial charge in [-0.3, -0.25) is 9.69 Å². The molecule has 0 bridgehead atoms. The molecule has 2 aromatic carbocycles. The van der Waals surface area contributed by atoms with Crippen molar-refractivity contribution in [2.45, 2.75) is 6.10 Å². The molecule has 1 atom stereocenters. The molecule has 0 saturated carbocycles. The summed E-state index contributed by atoms with van der Waals surface area (Å²) < 4.78 is 38.1. The summed E-state index contributed by atoms with van der Waals surface area (Å²) in [6.07, 6.45) is 1.54. The molecule has 0 spiro atoms. The summed E-state index contributed by atoms with van der Waals surface area (Å²) in [7, 11) is 1.62. The number of carbonyl (C=O) groups is 1. The summed E-state index contributed by atoms with van der Waals surface area (Å²) in [6.45, 7) is 7.02. The third-order valence-corrected chi connectivity index (χ3v) is 5.07. The Hall–Kier alpha value is -2.77. The number of ether oxygens (including phenoxy) is 2. The number of hydrogen-bond donors (Lipinski definition) is 0. The number of nitrogens with zero attached hydrogens (tertiary/aromatic N) is 2. The Kier molecular flexibility index (Phi) is 7.54. The zero-order valence-corrected chi connectivity index (χ0v) is 17.0. The third-order valence-electron chi connectivity index (χ3n) is 5.07. The van der Waals surface area contributed by atoms with E-state index < -0.39 is 11.6 Å². The molecule has 2 aromatic rings. The molecule has 1 amide bonds. The van der Waals surface area contributed by atoms with E-state index in [9.17, 15) is 13.6 Å². The van der Waals surface area contributed by atoms with E-state index in [0.717, 1.165) is 29.5 Å². The van der Waals surface area contributed by atoms with Gasteiger partial charge in [0.1, 0.15) is 17.4 Å². The van der Waals surface area contributed by atoms with Crippen LogP contribution in [-0.4, -0.2) is 62.1 Å². The lowest BCUT2D eigenvalue weighted by Gasteiger charge is -2.36. The second kappa shape index (κ2) is 10.3. The molecule has 160 valence electrons. The summed E-state index contributed by atoms with van der Waals surface area (Å²) in [5.74, 6) is -1.10. The first-order chi connectivity index (χ1) is 14.5. The molecule has 1 aliphatic rings. The fraction of sp³-hybridized carbons (Fsp3) is 0.348. The van der Waals surface area contributed by atoms with Crippen LogP contribution in [0.2, 0.25) is 0 Å². The highest BCUT2D eigenvalue weighted by atomic mass is 19.1. The highest BCUT2D eigenvalue weighted by molar-refractivity contribution is 5.94. The molecule has 0 N–H and O–H groups in total. The van der Waals surface area contributed by atoms with Gasteiger partial charge < -0.3 is 14.4 Å². The van der Waals surface area contributed by atoms with Crippen LogP contribution >= 0.6 is 0 Å². The number of carbonyl (C=O) groups excluding carboxylic acids is 1. The maximum Gasteiger partial charge on any atom is 0.254 e. The summed E-state index contributed by atoms with van der Waals surface area (Å²) in [5.41, 5.74) is 1.04. The van der Waals surface area contributed by atoms with Crippen LogP contribution in [0.25, 0.3) is 0 Å². The minimum atomic E-state index is -0.752. The number of methoxy groups -OCH3 is 1. The summed E-state index contributed by atoms with van der Waals surface area (Å²) >= 11 is 0. The molecule has 30 heavy (non-hydrogen) atoms. The fourth-order valence-corrected chi connectivity index (χ4v) is 3.51. The predicted molar refractivity (Wildman–Crippen MR) is 111 cm³/mol. The van der Waals surface area contributed by atoms with Gasteiger partial charge in [-0.2, -0.15) is 0 Å². The first kappa shape index (κ1) is 21.9. The lowest BCUT2D eigenvalue weighted by molar-refractivity contribution is 0.0244. The molecule has 1 fully saturated rings. The lowest BCUT2D eigenvalue weighted by atomic mass is 10.1. The summed E-state index contributed by atoms with van der Waals surface area (Å²) in [4.78, 5) is 16.4. The SMILES string of the molecule is C=CCOC(CN1CCN(C(=O)c2cc(F)cc(F)c2)CC1)c1cccc(OC)c1. The Morgan fingerprint density at radius 1 is 1.13 bits per heavy atom. The largest absolute Gasteiger partial charge is 0.497 e. The van der Waals surface area contributed by atoms with Crippen molar-refractivity contribution >= 4 is 5.91 Å². The average Bonchev–Trinajstić information content (AvgIpc) is 2.76. The van der Waals surface area contributed by atoms with Gasteiger partial charge in [0, 0.05) is 44.4 Å². The maximum absolute atomic E-state index is 13.4. The number of amides is 1. The standard InChI is InChI=1S/C23H26F2N2O3/c1-3-11-30-22(17-5-4-6-21(14-17)29-2)16-26-7-9-27(10-8-26)23(28)18-12-19(24)15-20(25)13-18/h3-6,12-15,22H,1,7-11,16H2,2H3. The van der Waals surface area contributed by atoms with Gasteiger partial charge in [0.05, 0.1) is 19.8 Å². The quantitative estimate of drug-likeness (QED) is 0.616. The number of halogens is 2. The van der Waals surface area contributed by atoms with Crippen LogP contribution in [0.4, 0.5) is 8.78 Å². The maximum atomic E-state index is 13.4.